The number of nitrogens with two attached hydrogens (primary N) is 1. The molecule has 1 aromatic rings. The zero-order chi connectivity index (χ0) is 17.0. The van der Waals surface area contributed by atoms with E-state index in [1.807, 2.05) is 6.92 Å². The lowest BCUT2D eigenvalue weighted by Gasteiger charge is -2.33. The van der Waals surface area contributed by atoms with Crippen molar-refractivity contribution >= 4 is 24.1 Å². The summed E-state index contributed by atoms with van der Waals surface area (Å²) in [6.07, 6.45) is 1.70. The molecule has 1 atom stereocenters. The molecule has 0 bridgehead atoms. The molecule has 1 aliphatic heterocycles. The van der Waals surface area contributed by atoms with E-state index in [1.165, 1.54) is 0 Å². The number of hydrogen-bond donors (Lipinski definition) is 1. The van der Waals surface area contributed by atoms with Crippen molar-refractivity contribution in [3.05, 3.63) is 35.4 Å². The van der Waals surface area contributed by atoms with E-state index < -0.39 is 17.4 Å². The zero-order valence-corrected chi connectivity index (χ0v) is 14.5. The Balaban J connectivity index is 0.00000288. The van der Waals surface area contributed by atoms with E-state index >= 15 is 0 Å². The maximum atomic E-state index is 13.5. The summed E-state index contributed by atoms with van der Waals surface area (Å²) in [6.45, 7) is 3.26. The van der Waals surface area contributed by atoms with Gasteiger partial charge in [0.25, 0.3) is 0 Å². The number of benzene rings is 1. The van der Waals surface area contributed by atoms with Crippen LogP contribution in [0.2, 0.25) is 0 Å². The van der Waals surface area contributed by atoms with Gasteiger partial charge in [0.15, 0.2) is 5.78 Å². The zero-order valence-electron chi connectivity index (χ0n) is 13.6. The molecule has 1 amide bonds. The number of carbonyl (C=O) groups is 2. The lowest BCUT2D eigenvalue weighted by atomic mass is 9.91. The second-order valence-corrected chi connectivity index (χ2v) is 6.12. The fourth-order valence-electron chi connectivity index (χ4n) is 2.90. The second kappa shape index (κ2) is 9.08. The Morgan fingerprint density at radius 3 is 2.42 bits per heavy atom. The minimum absolute atomic E-state index is 0. The third-order valence-corrected chi connectivity index (χ3v) is 4.43. The van der Waals surface area contributed by atoms with Crippen LogP contribution in [0.4, 0.5) is 8.78 Å². The van der Waals surface area contributed by atoms with Crippen LogP contribution in [0.5, 0.6) is 0 Å². The van der Waals surface area contributed by atoms with Gasteiger partial charge in [-0.05, 0) is 37.8 Å². The first-order valence-electron chi connectivity index (χ1n) is 7.90. The van der Waals surface area contributed by atoms with E-state index in [0.29, 0.717) is 25.1 Å². The van der Waals surface area contributed by atoms with Gasteiger partial charge in [0, 0.05) is 38.0 Å². The van der Waals surface area contributed by atoms with Crippen molar-refractivity contribution in [3.8, 4) is 0 Å². The highest BCUT2D eigenvalue weighted by molar-refractivity contribution is 5.98. The first-order valence-corrected chi connectivity index (χ1v) is 7.90. The molecule has 1 heterocycles. The average Bonchev–Trinajstić information content (AvgIpc) is 2.52. The first kappa shape index (κ1) is 20.5. The summed E-state index contributed by atoms with van der Waals surface area (Å²) in [7, 11) is 0. The van der Waals surface area contributed by atoms with Crippen molar-refractivity contribution in [1.29, 1.82) is 0 Å². The fourth-order valence-corrected chi connectivity index (χ4v) is 2.90. The van der Waals surface area contributed by atoms with Gasteiger partial charge in [0.2, 0.25) is 5.91 Å². The van der Waals surface area contributed by atoms with Crippen molar-refractivity contribution in [2.75, 3.05) is 13.1 Å². The van der Waals surface area contributed by atoms with Crippen molar-refractivity contribution < 1.29 is 18.4 Å². The average molecular weight is 361 g/mol. The molecule has 0 radical (unpaired) electrons. The van der Waals surface area contributed by atoms with Gasteiger partial charge in [-0.15, -0.1) is 12.4 Å². The Bertz CT molecular complexity index is 588. The maximum absolute atomic E-state index is 13.5. The summed E-state index contributed by atoms with van der Waals surface area (Å²) in [5.41, 5.74) is 5.69. The molecule has 0 spiro atoms. The van der Waals surface area contributed by atoms with Crippen LogP contribution in [0, 0.1) is 17.6 Å². The summed E-state index contributed by atoms with van der Waals surface area (Å²) in [4.78, 5) is 25.8. The number of nitrogens with zero attached hydrogens (tertiary/aromatic N) is 1. The molecule has 4 nitrogen and oxygen atoms in total. The number of rotatable bonds is 5. The van der Waals surface area contributed by atoms with Gasteiger partial charge in [-0.25, -0.2) is 8.78 Å². The molecule has 2 N–H and O–H groups in total. The summed E-state index contributed by atoms with van der Waals surface area (Å²) in [6, 6.07) is 2.95. The third-order valence-electron chi connectivity index (χ3n) is 4.43. The highest BCUT2D eigenvalue weighted by Gasteiger charge is 2.25. The Morgan fingerprint density at radius 2 is 1.88 bits per heavy atom. The van der Waals surface area contributed by atoms with Crippen molar-refractivity contribution in [3.63, 3.8) is 0 Å². The molecular weight excluding hydrogens is 338 g/mol. The molecule has 0 aromatic heterocycles. The van der Waals surface area contributed by atoms with Crippen molar-refractivity contribution in [2.24, 2.45) is 11.7 Å². The maximum Gasteiger partial charge on any atom is 0.223 e. The molecule has 0 aliphatic carbocycles. The van der Waals surface area contributed by atoms with Gasteiger partial charge in [-0.1, -0.05) is 0 Å². The Hall–Kier alpha value is -1.53. The van der Waals surface area contributed by atoms with Crippen LogP contribution in [0.15, 0.2) is 18.2 Å². The van der Waals surface area contributed by atoms with Crippen molar-refractivity contribution in [2.45, 2.75) is 38.6 Å². The molecule has 134 valence electrons. The smallest absolute Gasteiger partial charge is 0.223 e. The number of hydrogen-bond acceptors (Lipinski definition) is 3. The summed E-state index contributed by atoms with van der Waals surface area (Å²) in [5, 5.41) is 0. The predicted octanol–water partition coefficient (Wildman–Crippen LogP) is 2.94. The van der Waals surface area contributed by atoms with Crippen LogP contribution in [-0.4, -0.2) is 35.7 Å². The van der Waals surface area contributed by atoms with Crippen LogP contribution in [0.1, 0.15) is 43.0 Å². The van der Waals surface area contributed by atoms with Gasteiger partial charge in [-0.3, -0.25) is 9.59 Å². The van der Waals surface area contributed by atoms with E-state index in [1.54, 1.807) is 4.90 Å². The second-order valence-electron chi connectivity index (χ2n) is 6.12. The molecule has 1 fully saturated rings. The molecule has 1 unspecified atom stereocenters. The normalized spacial score (nSPS) is 16.4. The fraction of sp³-hybridized carbons (Fsp3) is 0.529. The van der Waals surface area contributed by atoms with Gasteiger partial charge in [0.05, 0.1) is 5.56 Å². The van der Waals surface area contributed by atoms with Crippen LogP contribution in [0.25, 0.3) is 0 Å². The van der Waals surface area contributed by atoms with Crippen LogP contribution in [0.3, 0.4) is 0 Å². The van der Waals surface area contributed by atoms with Crippen molar-refractivity contribution in [1.82, 2.24) is 4.90 Å². The topological polar surface area (TPSA) is 63.4 Å². The SMILES string of the molecule is CC(N)C1CCN(C(=O)CCC(=O)c2ccc(F)cc2F)CC1.Cl. The van der Waals surface area contributed by atoms with E-state index in [0.717, 1.165) is 25.0 Å². The molecule has 1 saturated heterocycles. The monoisotopic (exact) mass is 360 g/mol. The number of piperidine rings is 1. The predicted molar refractivity (Wildman–Crippen MR) is 90.1 cm³/mol. The Morgan fingerprint density at radius 1 is 1.25 bits per heavy atom. The lowest BCUT2D eigenvalue weighted by Crippen LogP contribution is -2.42. The number of amides is 1. The molecule has 2 rings (SSSR count). The minimum atomic E-state index is -0.889. The quantitative estimate of drug-likeness (QED) is 0.821. The Labute approximate surface area is 146 Å². The van der Waals surface area contributed by atoms with E-state index in [2.05, 4.69) is 0 Å². The molecule has 1 aromatic carbocycles. The number of likely N-dealkylation sites (tertiary alicyclic amines) is 1. The minimum Gasteiger partial charge on any atom is -0.343 e. The number of ketones is 1. The summed E-state index contributed by atoms with van der Waals surface area (Å²) in [5.74, 6) is -1.79. The molecule has 0 saturated carbocycles. The van der Waals surface area contributed by atoms with Crippen LogP contribution < -0.4 is 5.73 Å². The summed E-state index contributed by atoms with van der Waals surface area (Å²) < 4.78 is 26.4. The molecule has 7 heteroatoms. The van der Waals surface area contributed by atoms with E-state index in [-0.39, 0.29) is 42.8 Å². The van der Waals surface area contributed by atoms with Gasteiger partial charge in [-0.2, -0.15) is 0 Å². The molecule has 1 aliphatic rings. The van der Waals surface area contributed by atoms with Crippen LogP contribution in [-0.2, 0) is 4.79 Å². The molecule has 24 heavy (non-hydrogen) atoms. The van der Waals surface area contributed by atoms with Gasteiger partial charge >= 0.3 is 0 Å². The number of Topliss-reactive ketones (excluding diaryl/α,β-unsaturated/α-hetero) is 1. The van der Waals surface area contributed by atoms with E-state index in [4.69, 9.17) is 5.73 Å². The summed E-state index contributed by atoms with van der Waals surface area (Å²) >= 11 is 0. The van der Waals surface area contributed by atoms with Gasteiger partial charge in [0.1, 0.15) is 11.6 Å². The Kier molecular flexibility index (Phi) is 7.76. The van der Waals surface area contributed by atoms with E-state index in [9.17, 15) is 18.4 Å². The highest BCUT2D eigenvalue weighted by Crippen LogP contribution is 2.20. The standard InChI is InChI=1S/C17H22F2N2O2.ClH/c1-11(20)12-6-8-21(9-7-12)17(23)5-4-16(22)14-3-2-13(18)10-15(14)19;/h2-3,10-12H,4-9,20H2,1H3;1H. The number of halogens is 3. The highest BCUT2D eigenvalue weighted by atomic mass is 35.5. The number of carbonyl (C=O) groups excluding carboxylic acids is 2. The largest absolute Gasteiger partial charge is 0.343 e. The van der Waals surface area contributed by atoms with Gasteiger partial charge < -0.3 is 10.6 Å². The molecular formula is C17H23ClF2N2O2. The third kappa shape index (κ3) is 5.24. The van der Waals surface area contributed by atoms with Crippen LogP contribution >= 0.6 is 12.4 Å². The first-order chi connectivity index (χ1) is 10.9. The lowest BCUT2D eigenvalue weighted by molar-refractivity contribution is -0.132.